The number of hydrogen-bond acceptors (Lipinski definition) is 4. The summed E-state index contributed by atoms with van der Waals surface area (Å²) in [6.45, 7) is 3.30. The molecule has 0 atom stereocenters. The molecule has 5 amide bonds. The number of nitrogens with zero attached hydrogens (tertiary/aromatic N) is 4. The molecule has 11 heteroatoms. The van der Waals surface area contributed by atoms with E-state index >= 15 is 0 Å². The third-order valence-corrected chi connectivity index (χ3v) is 7.83. The lowest BCUT2D eigenvalue weighted by Crippen LogP contribution is -2.51. The highest BCUT2D eigenvalue weighted by Crippen LogP contribution is 2.28. The summed E-state index contributed by atoms with van der Waals surface area (Å²) in [5.74, 6) is -1.46. The largest absolute Gasteiger partial charge is 0.342 e. The summed E-state index contributed by atoms with van der Waals surface area (Å²) < 4.78 is 14.2. The Hall–Kier alpha value is -3.92. The van der Waals surface area contributed by atoms with Crippen LogP contribution in [0.4, 0.5) is 14.9 Å². The number of hydrogen-bond donors (Lipinski definition) is 1. The SMILES string of the molecule is CCN(C)C(=O)/C(=C\N(C=O)CC(=O)N1CCC(N2CCc3ccccc3NC2=O)CC1)c1cccc(F)c1Cl. The molecule has 0 saturated carbocycles. The third kappa shape index (κ3) is 6.44. The van der Waals surface area contributed by atoms with Crippen molar-refractivity contribution in [3.05, 3.63) is 70.6 Å². The summed E-state index contributed by atoms with van der Waals surface area (Å²) in [4.78, 5) is 57.0. The van der Waals surface area contributed by atoms with E-state index in [1.165, 1.54) is 29.3 Å². The van der Waals surface area contributed by atoms with E-state index in [1.807, 2.05) is 29.2 Å². The molecule has 0 aromatic heterocycles. The van der Waals surface area contributed by atoms with Crippen LogP contribution in [0.15, 0.2) is 48.7 Å². The van der Waals surface area contributed by atoms with Crippen LogP contribution in [0.25, 0.3) is 5.57 Å². The number of anilines is 1. The Morgan fingerprint density at radius 1 is 1.12 bits per heavy atom. The van der Waals surface area contributed by atoms with Crippen LogP contribution in [0.5, 0.6) is 0 Å². The fourth-order valence-corrected chi connectivity index (χ4v) is 5.23. The van der Waals surface area contributed by atoms with Crippen molar-refractivity contribution in [1.29, 1.82) is 0 Å². The monoisotopic (exact) mass is 569 g/mol. The fraction of sp³-hybridized carbons (Fsp3) is 0.379. The van der Waals surface area contributed by atoms with Crippen molar-refractivity contribution < 1.29 is 23.6 Å². The van der Waals surface area contributed by atoms with Gasteiger partial charge in [0.25, 0.3) is 5.91 Å². The smallest absolute Gasteiger partial charge is 0.322 e. The van der Waals surface area contributed by atoms with E-state index in [9.17, 15) is 23.6 Å². The van der Waals surface area contributed by atoms with Crippen LogP contribution in [0.2, 0.25) is 5.02 Å². The Kier molecular flexibility index (Phi) is 9.42. The maximum absolute atomic E-state index is 14.2. The zero-order valence-electron chi connectivity index (χ0n) is 22.6. The number of carbonyl (C=O) groups is 4. The number of fused-ring (bicyclic) bond motifs is 1. The van der Waals surface area contributed by atoms with Gasteiger partial charge < -0.3 is 24.9 Å². The number of para-hydroxylation sites is 1. The van der Waals surface area contributed by atoms with Gasteiger partial charge in [-0.3, -0.25) is 14.4 Å². The average Bonchev–Trinajstić information content (AvgIpc) is 3.14. The van der Waals surface area contributed by atoms with E-state index in [0.29, 0.717) is 45.4 Å². The molecule has 212 valence electrons. The number of nitrogens with one attached hydrogen (secondary N) is 1. The Balaban J connectivity index is 1.42. The van der Waals surface area contributed by atoms with Crippen molar-refractivity contribution in [3.63, 3.8) is 0 Å². The molecular weight excluding hydrogens is 537 g/mol. The first-order valence-corrected chi connectivity index (χ1v) is 13.7. The molecular formula is C29H33ClFN5O4. The van der Waals surface area contributed by atoms with Crippen molar-refractivity contribution in [1.82, 2.24) is 19.6 Å². The Bertz CT molecular complexity index is 1310. The zero-order chi connectivity index (χ0) is 28.8. The molecule has 40 heavy (non-hydrogen) atoms. The second-order valence-electron chi connectivity index (χ2n) is 9.88. The van der Waals surface area contributed by atoms with Gasteiger partial charge in [0.05, 0.1) is 10.6 Å². The van der Waals surface area contributed by atoms with Crippen LogP contribution in [0.1, 0.15) is 30.9 Å². The summed E-state index contributed by atoms with van der Waals surface area (Å²) in [5, 5.41) is 2.74. The maximum atomic E-state index is 14.2. The van der Waals surface area contributed by atoms with E-state index in [4.69, 9.17) is 11.6 Å². The highest BCUT2D eigenvalue weighted by Gasteiger charge is 2.32. The Morgan fingerprint density at radius 2 is 1.85 bits per heavy atom. The van der Waals surface area contributed by atoms with Gasteiger partial charge in [0.2, 0.25) is 12.3 Å². The highest BCUT2D eigenvalue weighted by molar-refractivity contribution is 6.35. The van der Waals surface area contributed by atoms with Gasteiger partial charge in [-0.25, -0.2) is 9.18 Å². The highest BCUT2D eigenvalue weighted by atomic mass is 35.5. The van der Waals surface area contributed by atoms with Crippen LogP contribution in [0.3, 0.4) is 0 Å². The summed E-state index contributed by atoms with van der Waals surface area (Å²) >= 11 is 6.16. The van der Waals surface area contributed by atoms with E-state index in [-0.39, 0.29) is 40.7 Å². The average molecular weight is 570 g/mol. The van der Waals surface area contributed by atoms with E-state index in [1.54, 1.807) is 18.9 Å². The van der Waals surface area contributed by atoms with Gasteiger partial charge in [-0.15, -0.1) is 0 Å². The molecule has 2 aliphatic rings. The number of rotatable bonds is 8. The second kappa shape index (κ2) is 13.0. The molecule has 4 rings (SSSR count). The normalized spacial score (nSPS) is 16.1. The molecule has 0 aliphatic carbocycles. The van der Waals surface area contributed by atoms with Crippen molar-refractivity contribution in [2.45, 2.75) is 32.2 Å². The van der Waals surface area contributed by atoms with Gasteiger partial charge in [-0.05, 0) is 43.9 Å². The van der Waals surface area contributed by atoms with Crippen molar-refractivity contribution in [3.8, 4) is 0 Å². The number of amides is 5. The minimum atomic E-state index is -0.699. The third-order valence-electron chi connectivity index (χ3n) is 7.44. The fourth-order valence-electron chi connectivity index (χ4n) is 5.00. The summed E-state index contributed by atoms with van der Waals surface area (Å²) in [7, 11) is 1.58. The topological polar surface area (TPSA) is 93.3 Å². The van der Waals surface area contributed by atoms with E-state index in [2.05, 4.69) is 5.32 Å². The maximum Gasteiger partial charge on any atom is 0.322 e. The first-order chi connectivity index (χ1) is 19.2. The molecule has 0 unspecified atom stereocenters. The van der Waals surface area contributed by atoms with E-state index < -0.39 is 11.7 Å². The summed E-state index contributed by atoms with van der Waals surface area (Å²) in [6, 6.07) is 11.7. The molecule has 1 fully saturated rings. The molecule has 2 aliphatic heterocycles. The standard InChI is InChI=1S/C29H33ClFN5O4/c1-3-33(2)28(39)23(22-8-6-9-24(31)27(22)30)17-34(19-37)18-26(38)35-14-12-21(13-15-35)36-16-11-20-7-4-5-10-25(20)32-29(36)40/h4-10,17,19,21H,3,11-16,18H2,1-2H3,(H,32,40)/b23-17-. The molecule has 0 bridgehead atoms. The zero-order valence-corrected chi connectivity index (χ0v) is 23.4. The van der Waals surface area contributed by atoms with Gasteiger partial charge >= 0.3 is 6.03 Å². The predicted octanol–water partition coefficient (Wildman–Crippen LogP) is 3.84. The van der Waals surface area contributed by atoms with Gasteiger partial charge in [-0.1, -0.05) is 41.9 Å². The lowest BCUT2D eigenvalue weighted by Gasteiger charge is -2.38. The summed E-state index contributed by atoms with van der Waals surface area (Å²) in [6.07, 6.45) is 3.66. The Morgan fingerprint density at radius 3 is 2.55 bits per heavy atom. The lowest BCUT2D eigenvalue weighted by atomic mass is 10.0. The van der Waals surface area contributed by atoms with Crippen LogP contribution in [-0.2, 0) is 20.8 Å². The first-order valence-electron chi connectivity index (χ1n) is 13.3. The molecule has 1 saturated heterocycles. The molecule has 0 spiro atoms. The molecule has 2 heterocycles. The number of likely N-dealkylation sites (N-methyl/N-ethyl adjacent to an activating group) is 1. The summed E-state index contributed by atoms with van der Waals surface area (Å²) in [5.41, 5.74) is 2.05. The quantitative estimate of drug-likeness (QED) is 0.386. The number of likely N-dealkylation sites (tertiary alicyclic amines) is 1. The van der Waals surface area contributed by atoms with Gasteiger partial charge in [0, 0.05) is 56.7 Å². The van der Waals surface area contributed by atoms with E-state index in [0.717, 1.165) is 22.6 Å². The van der Waals surface area contributed by atoms with Gasteiger partial charge in [0.1, 0.15) is 12.4 Å². The van der Waals surface area contributed by atoms with Crippen LogP contribution in [-0.4, -0.2) is 89.7 Å². The van der Waals surface area contributed by atoms with Crippen LogP contribution < -0.4 is 5.32 Å². The number of benzene rings is 2. The number of piperidine rings is 1. The molecule has 2 aromatic carbocycles. The second-order valence-corrected chi connectivity index (χ2v) is 10.3. The van der Waals surface area contributed by atoms with Crippen molar-refractivity contribution >= 4 is 47.1 Å². The van der Waals surface area contributed by atoms with Crippen LogP contribution in [0, 0.1) is 5.82 Å². The predicted molar refractivity (Wildman–Crippen MR) is 151 cm³/mol. The lowest BCUT2D eigenvalue weighted by molar-refractivity contribution is -0.135. The minimum Gasteiger partial charge on any atom is -0.342 e. The van der Waals surface area contributed by atoms with Crippen molar-refractivity contribution in [2.75, 3.05) is 45.1 Å². The van der Waals surface area contributed by atoms with Gasteiger partial charge in [0.15, 0.2) is 0 Å². The van der Waals surface area contributed by atoms with Gasteiger partial charge in [-0.2, -0.15) is 0 Å². The molecule has 9 nitrogen and oxygen atoms in total. The molecule has 1 N–H and O–H groups in total. The Labute approximate surface area is 238 Å². The number of carbonyl (C=O) groups excluding carboxylic acids is 4. The molecule has 0 radical (unpaired) electrons. The molecule has 2 aromatic rings. The number of urea groups is 1. The van der Waals surface area contributed by atoms with Crippen LogP contribution >= 0.6 is 11.6 Å². The first kappa shape index (κ1) is 29.1. The van der Waals surface area contributed by atoms with Crippen molar-refractivity contribution in [2.24, 2.45) is 0 Å². The minimum absolute atomic E-state index is 0.000584. The number of halogens is 2.